The van der Waals surface area contributed by atoms with Crippen LogP contribution < -0.4 is 14.7 Å². The van der Waals surface area contributed by atoms with E-state index in [9.17, 15) is 14.7 Å². The monoisotopic (exact) mass is 384 g/mol. The molecule has 0 aliphatic carbocycles. The summed E-state index contributed by atoms with van der Waals surface area (Å²) in [5.74, 6) is 0.0511. The van der Waals surface area contributed by atoms with Gasteiger partial charge in [-0.2, -0.15) is 0 Å². The molecule has 28 heavy (non-hydrogen) atoms. The van der Waals surface area contributed by atoms with E-state index in [4.69, 9.17) is 4.84 Å². The van der Waals surface area contributed by atoms with Gasteiger partial charge in [-0.3, -0.25) is 4.90 Å². The van der Waals surface area contributed by atoms with Crippen molar-refractivity contribution in [1.82, 2.24) is 4.65 Å². The SMILES string of the molecule is CCCN(C(=O)O[N+](C)(C(=O)[O-])c1ccccc1C(C)C)c1cccc(C)c1. The summed E-state index contributed by atoms with van der Waals surface area (Å²) < 4.78 is -1.08. The smallest absolute Gasteiger partial charge is 0.470 e. The highest BCUT2D eigenvalue weighted by atomic mass is 16.8. The molecule has 0 heterocycles. The van der Waals surface area contributed by atoms with Crippen LogP contribution in [0.2, 0.25) is 0 Å². The molecule has 0 fully saturated rings. The zero-order valence-corrected chi connectivity index (χ0v) is 17.1. The van der Waals surface area contributed by atoms with E-state index in [0.717, 1.165) is 11.1 Å². The molecule has 1 atom stereocenters. The zero-order valence-electron chi connectivity index (χ0n) is 17.1. The fraction of sp³-hybridized carbons (Fsp3) is 0.364. The van der Waals surface area contributed by atoms with Crippen LogP contribution in [-0.4, -0.2) is 25.8 Å². The van der Waals surface area contributed by atoms with Gasteiger partial charge in [-0.05, 0) is 37.0 Å². The Bertz CT molecular complexity index is 850. The number of aryl methyl sites for hydroxylation is 1. The summed E-state index contributed by atoms with van der Waals surface area (Å²) in [6.07, 6.45) is -1.56. The predicted molar refractivity (Wildman–Crippen MR) is 109 cm³/mol. The molecule has 2 amide bonds. The fourth-order valence-corrected chi connectivity index (χ4v) is 3.10. The third kappa shape index (κ3) is 4.51. The number of para-hydroxylation sites is 1. The molecule has 0 spiro atoms. The Morgan fingerprint density at radius 1 is 1.14 bits per heavy atom. The minimum absolute atomic E-state index is 0.0511. The molecule has 0 saturated heterocycles. The standard InChI is InChI=1S/C22H28N2O4/c1-6-14-23(18-11-9-10-17(4)15-18)21(25)28-24(5,22(26)27)20-13-8-7-12-19(20)16(2)3/h7-13,15-16H,6,14H2,1-5H3. The fourth-order valence-electron chi connectivity index (χ4n) is 3.10. The Hall–Kier alpha value is -2.86. The Morgan fingerprint density at radius 3 is 2.39 bits per heavy atom. The van der Waals surface area contributed by atoms with E-state index in [-0.39, 0.29) is 5.92 Å². The summed E-state index contributed by atoms with van der Waals surface area (Å²) >= 11 is 0. The second kappa shape index (κ2) is 8.89. The number of hydrogen-bond donors (Lipinski definition) is 0. The lowest BCUT2D eigenvalue weighted by atomic mass is 10.0. The van der Waals surface area contributed by atoms with E-state index in [0.29, 0.717) is 24.3 Å². The average molecular weight is 384 g/mol. The molecule has 6 nitrogen and oxygen atoms in total. The lowest BCUT2D eigenvalue weighted by Crippen LogP contribution is -2.60. The highest BCUT2D eigenvalue weighted by Gasteiger charge is 2.39. The van der Waals surface area contributed by atoms with Crippen LogP contribution in [0.15, 0.2) is 48.5 Å². The van der Waals surface area contributed by atoms with Gasteiger partial charge in [-0.25, -0.2) is 9.63 Å². The first kappa shape index (κ1) is 21.4. The molecule has 2 rings (SSSR count). The molecule has 0 radical (unpaired) electrons. The Kier molecular flexibility index (Phi) is 6.80. The second-order valence-corrected chi connectivity index (χ2v) is 7.25. The number of carbonyl (C=O) groups is 2. The highest BCUT2D eigenvalue weighted by molar-refractivity contribution is 5.90. The van der Waals surface area contributed by atoms with E-state index in [1.165, 1.54) is 11.9 Å². The summed E-state index contributed by atoms with van der Waals surface area (Å²) in [5.41, 5.74) is 2.80. The van der Waals surface area contributed by atoms with Gasteiger partial charge in [-0.1, -0.05) is 55.7 Å². The summed E-state index contributed by atoms with van der Waals surface area (Å²) in [6, 6.07) is 14.5. The third-order valence-corrected chi connectivity index (χ3v) is 4.61. The zero-order chi connectivity index (χ0) is 20.9. The molecule has 0 N–H and O–H groups in total. The van der Waals surface area contributed by atoms with Gasteiger partial charge >= 0.3 is 12.2 Å². The number of quaternary nitrogens is 1. The number of amides is 2. The third-order valence-electron chi connectivity index (χ3n) is 4.61. The molecular formula is C22H28N2O4. The van der Waals surface area contributed by atoms with Crippen molar-refractivity contribution in [3.63, 3.8) is 0 Å². The summed E-state index contributed by atoms with van der Waals surface area (Å²) in [6.45, 7) is 8.18. The van der Waals surface area contributed by atoms with E-state index < -0.39 is 16.8 Å². The Labute approximate surface area is 166 Å². The van der Waals surface area contributed by atoms with Gasteiger partial charge in [-0.15, -0.1) is 0 Å². The molecule has 0 aliphatic rings. The van der Waals surface area contributed by atoms with Crippen molar-refractivity contribution in [2.75, 3.05) is 18.5 Å². The summed E-state index contributed by atoms with van der Waals surface area (Å²) in [4.78, 5) is 32.1. The summed E-state index contributed by atoms with van der Waals surface area (Å²) in [7, 11) is 1.31. The molecule has 2 aromatic rings. The first-order valence-corrected chi connectivity index (χ1v) is 9.46. The molecule has 0 aliphatic heterocycles. The van der Waals surface area contributed by atoms with E-state index in [1.807, 2.05) is 58.0 Å². The lowest BCUT2D eigenvalue weighted by Gasteiger charge is -2.33. The second-order valence-electron chi connectivity index (χ2n) is 7.25. The first-order chi connectivity index (χ1) is 13.2. The molecule has 0 aromatic heterocycles. The number of rotatable bonds is 5. The molecule has 6 heteroatoms. The van der Waals surface area contributed by atoms with Crippen LogP contribution in [0, 0.1) is 6.92 Å². The molecule has 1 unspecified atom stereocenters. The van der Waals surface area contributed by atoms with Crippen molar-refractivity contribution in [1.29, 1.82) is 0 Å². The maximum atomic E-state index is 13.0. The normalized spacial score (nSPS) is 13.1. The highest BCUT2D eigenvalue weighted by Crippen LogP contribution is 2.32. The van der Waals surface area contributed by atoms with E-state index in [1.54, 1.807) is 18.2 Å². The van der Waals surface area contributed by atoms with Crippen molar-refractivity contribution in [2.24, 2.45) is 0 Å². The van der Waals surface area contributed by atoms with Gasteiger partial charge in [0.05, 0.1) is 0 Å². The van der Waals surface area contributed by atoms with E-state index >= 15 is 0 Å². The van der Waals surface area contributed by atoms with Crippen molar-refractivity contribution in [3.05, 3.63) is 59.7 Å². The summed E-state index contributed by atoms with van der Waals surface area (Å²) in [5, 5.41) is 12.1. The van der Waals surface area contributed by atoms with Gasteiger partial charge < -0.3 is 9.90 Å². The maximum absolute atomic E-state index is 13.0. The van der Waals surface area contributed by atoms with Crippen LogP contribution in [0.1, 0.15) is 44.2 Å². The van der Waals surface area contributed by atoms with Crippen molar-refractivity contribution in [2.45, 2.75) is 40.0 Å². The molecule has 0 bridgehead atoms. The van der Waals surface area contributed by atoms with Crippen LogP contribution in [0.3, 0.4) is 0 Å². The van der Waals surface area contributed by atoms with Crippen LogP contribution >= 0.6 is 0 Å². The van der Waals surface area contributed by atoms with Gasteiger partial charge in [0.2, 0.25) is 0 Å². The maximum Gasteiger partial charge on any atom is 0.470 e. The lowest BCUT2D eigenvalue weighted by molar-refractivity contribution is -0.285. The van der Waals surface area contributed by atoms with Crippen LogP contribution in [0.25, 0.3) is 0 Å². The largest absolute Gasteiger partial charge is 0.495 e. The number of nitrogens with zero attached hydrogens (tertiary/aromatic N) is 2. The number of hydroxylamine groups is 2. The minimum Gasteiger partial charge on any atom is -0.495 e. The van der Waals surface area contributed by atoms with Gasteiger partial charge in [0, 0.05) is 23.9 Å². The number of benzene rings is 2. The van der Waals surface area contributed by atoms with Gasteiger partial charge in [0.25, 0.3) is 0 Å². The molecule has 0 saturated carbocycles. The Balaban J connectivity index is 2.45. The molecule has 150 valence electrons. The van der Waals surface area contributed by atoms with Gasteiger partial charge in [0.1, 0.15) is 7.05 Å². The average Bonchev–Trinajstić information content (AvgIpc) is 2.65. The number of carboxylic acid groups (broad SMARTS) is 1. The Morgan fingerprint density at radius 2 is 1.82 bits per heavy atom. The topological polar surface area (TPSA) is 69.7 Å². The van der Waals surface area contributed by atoms with Crippen molar-refractivity contribution >= 4 is 23.6 Å². The predicted octanol–water partition coefficient (Wildman–Crippen LogP) is 4.37. The molecule has 2 aromatic carbocycles. The quantitative estimate of drug-likeness (QED) is 0.567. The van der Waals surface area contributed by atoms with Gasteiger partial charge in [0.15, 0.2) is 5.69 Å². The van der Waals surface area contributed by atoms with Crippen LogP contribution in [-0.2, 0) is 4.84 Å². The van der Waals surface area contributed by atoms with Crippen LogP contribution in [0.5, 0.6) is 0 Å². The van der Waals surface area contributed by atoms with Crippen LogP contribution in [0.4, 0.5) is 21.0 Å². The number of hydrogen-bond acceptors (Lipinski definition) is 4. The number of carbonyl (C=O) groups excluding carboxylic acids is 2. The first-order valence-electron chi connectivity index (χ1n) is 9.46. The number of anilines is 1. The minimum atomic E-state index is -1.51. The van der Waals surface area contributed by atoms with Crippen molar-refractivity contribution in [3.8, 4) is 0 Å². The van der Waals surface area contributed by atoms with Crippen molar-refractivity contribution < 1.29 is 19.5 Å². The molecular weight excluding hydrogens is 356 g/mol. The van der Waals surface area contributed by atoms with E-state index in [2.05, 4.69) is 0 Å².